The molecule has 1 saturated heterocycles. The van der Waals surface area contributed by atoms with Gasteiger partial charge in [-0.05, 0) is 55.1 Å². The zero-order chi connectivity index (χ0) is 17.6. The van der Waals surface area contributed by atoms with E-state index in [9.17, 15) is 9.59 Å². The van der Waals surface area contributed by atoms with Crippen LogP contribution in [0.2, 0.25) is 0 Å². The van der Waals surface area contributed by atoms with Gasteiger partial charge < -0.3 is 10.6 Å². The summed E-state index contributed by atoms with van der Waals surface area (Å²) in [5.41, 5.74) is 9.95. The average Bonchev–Trinajstić information content (AvgIpc) is 2.63. The molecular weight excluding hydrogens is 336 g/mol. The fraction of sp³-hybridized carbons (Fsp3) is 0.278. The van der Waals surface area contributed by atoms with Gasteiger partial charge in [0.15, 0.2) is 5.11 Å². The molecule has 2 aromatic carbocycles. The van der Waals surface area contributed by atoms with Crippen molar-refractivity contribution in [2.45, 2.75) is 19.3 Å². The van der Waals surface area contributed by atoms with Crippen molar-refractivity contribution in [3.63, 3.8) is 0 Å². The third-order valence-electron chi connectivity index (χ3n) is 4.77. The first kappa shape index (κ1) is 15.8. The van der Waals surface area contributed by atoms with Crippen LogP contribution in [-0.4, -0.2) is 35.0 Å². The number of nitrogens with one attached hydrogen (secondary N) is 1. The molecule has 25 heavy (non-hydrogen) atoms. The number of hydrogen-bond donors (Lipinski definition) is 2. The summed E-state index contributed by atoms with van der Waals surface area (Å²) in [6.45, 7) is 1.96. The molecule has 2 heterocycles. The van der Waals surface area contributed by atoms with E-state index in [4.69, 9.17) is 18.0 Å². The van der Waals surface area contributed by atoms with Crippen LogP contribution in [0.1, 0.15) is 40.0 Å². The molecule has 0 unspecified atom stereocenters. The lowest BCUT2D eigenvalue weighted by Crippen LogP contribution is -2.53. The summed E-state index contributed by atoms with van der Waals surface area (Å²) in [6.07, 6.45) is 3.53. The molecule has 6 nitrogen and oxygen atoms in total. The Morgan fingerprint density at radius 3 is 2.48 bits per heavy atom. The molecule has 7 heteroatoms. The summed E-state index contributed by atoms with van der Waals surface area (Å²) in [7, 11) is 0. The van der Waals surface area contributed by atoms with Crippen molar-refractivity contribution in [3.8, 4) is 0 Å². The van der Waals surface area contributed by atoms with Crippen molar-refractivity contribution < 1.29 is 9.59 Å². The number of hydrogen-bond acceptors (Lipinski definition) is 4. The molecule has 0 saturated carbocycles. The van der Waals surface area contributed by atoms with E-state index in [1.165, 1.54) is 6.42 Å². The zero-order valence-electron chi connectivity index (χ0n) is 13.6. The minimum Gasteiger partial charge on any atom is -0.375 e. The number of thiocarbonyl (C=S) groups is 1. The van der Waals surface area contributed by atoms with Gasteiger partial charge in [-0.1, -0.05) is 12.1 Å². The molecule has 0 aromatic heterocycles. The zero-order valence-corrected chi connectivity index (χ0v) is 14.4. The molecule has 0 spiro atoms. The summed E-state index contributed by atoms with van der Waals surface area (Å²) in [5, 5.41) is 2.37. The highest BCUT2D eigenvalue weighted by molar-refractivity contribution is 7.80. The van der Waals surface area contributed by atoms with Gasteiger partial charge in [0.05, 0.1) is 11.1 Å². The van der Waals surface area contributed by atoms with Crippen molar-refractivity contribution in [3.05, 3.63) is 41.5 Å². The van der Waals surface area contributed by atoms with Crippen LogP contribution in [0.3, 0.4) is 0 Å². The highest BCUT2D eigenvalue weighted by Crippen LogP contribution is 2.34. The number of carbonyl (C=O) groups is 2. The van der Waals surface area contributed by atoms with Gasteiger partial charge in [0.25, 0.3) is 11.8 Å². The lowest BCUT2D eigenvalue weighted by Gasteiger charge is -2.31. The molecule has 0 radical (unpaired) electrons. The average molecular weight is 354 g/mol. The Morgan fingerprint density at radius 2 is 1.76 bits per heavy atom. The molecule has 1 fully saturated rings. The van der Waals surface area contributed by atoms with Crippen LogP contribution in [-0.2, 0) is 0 Å². The molecule has 2 aliphatic rings. The van der Waals surface area contributed by atoms with Gasteiger partial charge in [0.2, 0.25) is 0 Å². The summed E-state index contributed by atoms with van der Waals surface area (Å²) < 4.78 is 0. The number of amides is 2. The number of nitrogens with two attached hydrogens (primary N) is 1. The molecule has 2 aromatic rings. The van der Waals surface area contributed by atoms with E-state index in [0.29, 0.717) is 16.5 Å². The summed E-state index contributed by atoms with van der Waals surface area (Å²) in [4.78, 5) is 27.8. The standard InChI is InChI=1S/C18H18N4O2S/c19-18(25)20-22-16(23)13-6-4-5-11-9-12(21-7-2-1-3-8-21)10-14(15(11)13)17(22)24/h4-6,9-10H,1-3,7-8H2,(H3,19,20,25). The van der Waals surface area contributed by atoms with Crippen molar-refractivity contribution in [1.29, 1.82) is 0 Å². The van der Waals surface area contributed by atoms with E-state index in [1.54, 1.807) is 6.07 Å². The van der Waals surface area contributed by atoms with Gasteiger partial charge >= 0.3 is 0 Å². The first-order valence-corrected chi connectivity index (χ1v) is 8.73. The van der Waals surface area contributed by atoms with Crippen LogP contribution in [0.4, 0.5) is 5.69 Å². The molecule has 0 aliphatic carbocycles. The van der Waals surface area contributed by atoms with Crippen LogP contribution in [0, 0.1) is 0 Å². The van der Waals surface area contributed by atoms with Gasteiger partial charge in [0.1, 0.15) is 0 Å². The summed E-state index contributed by atoms with van der Waals surface area (Å²) >= 11 is 4.80. The van der Waals surface area contributed by atoms with E-state index in [0.717, 1.165) is 42.0 Å². The van der Waals surface area contributed by atoms with E-state index in [2.05, 4.69) is 16.4 Å². The minimum absolute atomic E-state index is 0.121. The summed E-state index contributed by atoms with van der Waals surface area (Å²) in [6, 6.07) is 9.42. The predicted molar refractivity (Wildman–Crippen MR) is 100 cm³/mol. The monoisotopic (exact) mass is 354 g/mol. The smallest absolute Gasteiger partial charge is 0.280 e. The van der Waals surface area contributed by atoms with Crippen molar-refractivity contribution in [2.24, 2.45) is 5.73 Å². The first-order valence-electron chi connectivity index (χ1n) is 8.33. The number of rotatable bonds is 2. The van der Waals surface area contributed by atoms with Crippen molar-refractivity contribution in [1.82, 2.24) is 10.4 Å². The Kier molecular flexibility index (Phi) is 3.80. The largest absolute Gasteiger partial charge is 0.375 e. The molecule has 2 aliphatic heterocycles. The number of hydrazine groups is 1. The number of carbonyl (C=O) groups excluding carboxylic acids is 2. The quantitative estimate of drug-likeness (QED) is 0.636. The molecule has 0 bridgehead atoms. The molecular formula is C18H18N4O2S. The fourth-order valence-corrected chi connectivity index (χ4v) is 3.73. The first-order chi connectivity index (χ1) is 12.1. The lowest BCUT2D eigenvalue weighted by molar-refractivity contribution is 0.0567. The number of anilines is 1. The Bertz CT molecular complexity index is 905. The summed E-state index contributed by atoms with van der Waals surface area (Å²) in [5.74, 6) is -0.873. The van der Waals surface area contributed by atoms with Gasteiger partial charge in [-0.2, -0.15) is 5.01 Å². The lowest BCUT2D eigenvalue weighted by atomic mass is 9.93. The van der Waals surface area contributed by atoms with E-state index in [1.807, 2.05) is 18.2 Å². The van der Waals surface area contributed by atoms with E-state index < -0.39 is 11.8 Å². The second-order valence-electron chi connectivity index (χ2n) is 6.37. The third-order valence-corrected chi connectivity index (χ3v) is 4.86. The van der Waals surface area contributed by atoms with E-state index >= 15 is 0 Å². The number of nitrogens with zero attached hydrogens (tertiary/aromatic N) is 2. The van der Waals surface area contributed by atoms with Crippen molar-refractivity contribution >= 4 is 45.6 Å². The number of piperidine rings is 1. The molecule has 2 amide bonds. The number of imide groups is 1. The number of benzene rings is 2. The Balaban J connectivity index is 1.88. The Labute approximate surface area is 150 Å². The maximum absolute atomic E-state index is 12.9. The van der Waals surface area contributed by atoms with Gasteiger partial charge in [-0.15, -0.1) is 0 Å². The van der Waals surface area contributed by atoms with Crippen LogP contribution < -0.4 is 16.1 Å². The fourth-order valence-electron chi connectivity index (χ4n) is 3.64. The minimum atomic E-state index is -0.443. The highest BCUT2D eigenvalue weighted by Gasteiger charge is 2.34. The second kappa shape index (κ2) is 6.00. The maximum atomic E-state index is 12.9. The van der Waals surface area contributed by atoms with Crippen LogP contribution in [0.25, 0.3) is 10.8 Å². The highest BCUT2D eigenvalue weighted by atomic mass is 32.1. The van der Waals surface area contributed by atoms with Crippen LogP contribution in [0.5, 0.6) is 0 Å². The second-order valence-corrected chi connectivity index (χ2v) is 6.81. The third kappa shape index (κ3) is 2.60. The van der Waals surface area contributed by atoms with Gasteiger partial charge in [-0.3, -0.25) is 15.0 Å². The van der Waals surface area contributed by atoms with Gasteiger partial charge in [0, 0.05) is 24.2 Å². The van der Waals surface area contributed by atoms with Crippen LogP contribution in [0.15, 0.2) is 30.3 Å². The van der Waals surface area contributed by atoms with Crippen LogP contribution >= 0.6 is 12.2 Å². The van der Waals surface area contributed by atoms with Crippen molar-refractivity contribution in [2.75, 3.05) is 18.0 Å². The molecule has 128 valence electrons. The maximum Gasteiger partial charge on any atom is 0.280 e. The predicted octanol–water partition coefficient (Wildman–Crippen LogP) is 2.17. The topological polar surface area (TPSA) is 78.7 Å². The van der Waals surface area contributed by atoms with Gasteiger partial charge in [-0.25, -0.2) is 0 Å². The van der Waals surface area contributed by atoms with E-state index in [-0.39, 0.29) is 5.11 Å². The normalized spacial score (nSPS) is 17.1. The Hall–Kier alpha value is -2.67. The molecule has 0 atom stereocenters. The SMILES string of the molecule is NC(=S)NN1C(=O)c2cccc3cc(N4CCCCC4)cc(c23)C1=O. The molecule has 3 N–H and O–H groups in total. The molecule has 4 rings (SSSR count). The Morgan fingerprint density at radius 1 is 1.04 bits per heavy atom.